The summed E-state index contributed by atoms with van der Waals surface area (Å²) in [4.78, 5) is 23.7. The van der Waals surface area contributed by atoms with E-state index in [1.807, 2.05) is 0 Å². The number of hydrogen-bond acceptors (Lipinski definition) is 6. The van der Waals surface area contributed by atoms with E-state index in [0.29, 0.717) is 31.3 Å². The van der Waals surface area contributed by atoms with Crippen molar-refractivity contribution in [2.75, 3.05) is 7.11 Å². The number of aliphatic hydroxyl groups is 1. The standard InChI is InChI=1S/C23H36O6/c1-15-8-7-12-23(5)20(29-23)14-18(16(2)21(25)27-6)11-13-22(4,26)19(10-9-15)28-17(3)24/h8,18-20,26H,2,7,9-14H2,1,3-6H3/b15-8+/t18-,19+,20+,22+,23+/m1/s1. The molecule has 0 aromatic rings. The van der Waals surface area contributed by atoms with Crippen LogP contribution in [0.25, 0.3) is 0 Å². The first-order valence-electron chi connectivity index (χ1n) is 10.5. The number of esters is 2. The highest BCUT2D eigenvalue weighted by Gasteiger charge is 2.52. The number of carbonyl (C=O) groups excluding carboxylic acids is 2. The molecular weight excluding hydrogens is 372 g/mol. The first kappa shape index (κ1) is 23.6. The second-order valence-electron chi connectivity index (χ2n) is 8.99. The normalized spacial score (nSPS) is 37.9. The lowest BCUT2D eigenvalue weighted by molar-refractivity contribution is -0.163. The van der Waals surface area contributed by atoms with Gasteiger partial charge in [0.15, 0.2) is 0 Å². The number of fused-ring (bicyclic) bond motifs is 1. The van der Waals surface area contributed by atoms with Crippen molar-refractivity contribution in [3.05, 3.63) is 23.8 Å². The topological polar surface area (TPSA) is 85.4 Å². The third-order valence-corrected chi connectivity index (χ3v) is 6.41. The third kappa shape index (κ3) is 6.41. The first-order valence-corrected chi connectivity index (χ1v) is 10.5. The van der Waals surface area contributed by atoms with Crippen LogP contribution in [0.1, 0.15) is 72.6 Å². The number of carbonyl (C=O) groups is 2. The van der Waals surface area contributed by atoms with E-state index in [-0.39, 0.29) is 17.6 Å². The van der Waals surface area contributed by atoms with E-state index >= 15 is 0 Å². The van der Waals surface area contributed by atoms with E-state index in [4.69, 9.17) is 14.2 Å². The van der Waals surface area contributed by atoms with Crippen molar-refractivity contribution in [2.24, 2.45) is 5.92 Å². The molecule has 0 aromatic carbocycles. The highest BCUT2D eigenvalue weighted by Crippen LogP contribution is 2.46. The van der Waals surface area contributed by atoms with Crippen LogP contribution in [0.4, 0.5) is 0 Å². The minimum Gasteiger partial charge on any atom is -0.466 e. The van der Waals surface area contributed by atoms with Gasteiger partial charge in [-0.25, -0.2) is 4.79 Å². The van der Waals surface area contributed by atoms with Gasteiger partial charge in [0.25, 0.3) is 0 Å². The fraction of sp³-hybridized carbons (Fsp3) is 0.739. The largest absolute Gasteiger partial charge is 0.466 e. The van der Waals surface area contributed by atoms with Gasteiger partial charge >= 0.3 is 11.9 Å². The van der Waals surface area contributed by atoms with Crippen molar-refractivity contribution in [1.29, 1.82) is 0 Å². The summed E-state index contributed by atoms with van der Waals surface area (Å²) in [6.45, 7) is 11.2. The molecule has 2 aliphatic rings. The zero-order valence-corrected chi connectivity index (χ0v) is 18.5. The van der Waals surface area contributed by atoms with Gasteiger partial charge < -0.3 is 19.3 Å². The molecule has 0 amide bonds. The van der Waals surface area contributed by atoms with Gasteiger partial charge in [0.2, 0.25) is 0 Å². The van der Waals surface area contributed by atoms with E-state index in [1.165, 1.54) is 19.6 Å². The zero-order chi connectivity index (χ0) is 21.8. The minimum atomic E-state index is -1.21. The summed E-state index contributed by atoms with van der Waals surface area (Å²) < 4.78 is 16.3. The average molecular weight is 409 g/mol. The van der Waals surface area contributed by atoms with Gasteiger partial charge in [0.1, 0.15) is 6.10 Å². The molecule has 1 N–H and O–H groups in total. The predicted octanol–water partition coefficient (Wildman–Crippen LogP) is 3.86. The van der Waals surface area contributed by atoms with Crippen molar-refractivity contribution >= 4 is 11.9 Å². The Morgan fingerprint density at radius 2 is 1.97 bits per heavy atom. The Labute approximate surface area is 174 Å². The third-order valence-electron chi connectivity index (χ3n) is 6.41. The maximum absolute atomic E-state index is 12.1. The second-order valence-corrected chi connectivity index (χ2v) is 8.99. The van der Waals surface area contributed by atoms with E-state index in [2.05, 4.69) is 26.5 Å². The summed E-state index contributed by atoms with van der Waals surface area (Å²) in [7, 11) is 1.34. The summed E-state index contributed by atoms with van der Waals surface area (Å²) in [5.74, 6) is -1.01. The molecule has 0 saturated carbocycles. The van der Waals surface area contributed by atoms with Crippen molar-refractivity contribution in [3.63, 3.8) is 0 Å². The highest BCUT2D eigenvalue weighted by atomic mass is 16.6. The molecule has 6 nitrogen and oxygen atoms in total. The molecule has 1 heterocycles. The molecule has 1 aliphatic heterocycles. The Kier molecular flexibility index (Phi) is 7.68. The van der Waals surface area contributed by atoms with Crippen LogP contribution in [-0.4, -0.2) is 47.6 Å². The zero-order valence-electron chi connectivity index (χ0n) is 18.5. The van der Waals surface area contributed by atoms with E-state index in [1.54, 1.807) is 6.92 Å². The Morgan fingerprint density at radius 1 is 1.28 bits per heavy atom. The molecule has 1 aliphatic carbocycles. The van der Waals surface area contributed by atoms with Crippen LogP contribution in [0.15, 0.2) is 23.8 Å². The molecule has 0 radical (unpaired) electrons. The maximum atomic E-state index is 12.1. The SMILES string of the molecule is C=C(C(=O)OC)[C@@H]1CC[C@](C)(O)[C@@H](OC(C)=O)CC/C(C)=C/CC[C@]2(C)O[C@H]2C1. The number of hydrogen-bond donors (Lipinski definition) is 1. The molecule has 0 aromatic heterocycles. The number of epoxide rings is 1. The Hall–Kier alpha value is -1.66. The molecule has 1 saturated heterocycles. The van der Waals surface area contributed by atoms with Gasteiger partial charge in [0, 0.05) is 12.5 Å². The molecule has 164 valence electrons. The molecule has 29 heavy (non-hydrogen) atoms. The van der Waals surface area contributed by atoms with Crippen molar-refractivity contribution < 1.29 is 28.9 Å². The van der Waals surface area contributed by atoms with Gasteiger partial charge in [-0.3, -0.25) is 4.79 Å². The molecular formula is C23H36O6. The molecule has 2 rings (SSSR count). The number of methoxy groups -OCH3 is 1. The summed E-state index contributed by atoms with van der Waals surface area (Å²) in [5, 5.41) is 11.1. The average Bonchev–Trinajstić information content (AvgIpc) is 3.28. The molecule has 1 fully saturated rings. The van der Waals surface area contributed by atoms with Gasteiger partial charge in [0.05, 0.1) is 24.4 Å². The molecule has 0 bridgehead atoms. The maximum Gasteiger partial charge on any atom is 0.333 e. The van der Waals surface area contributed by atoms with E-state index in [9.17, 15) is 14.7 Å². The lowest BCUT2D eigenvalue weighted by Gasteiger charge is -2.34. The lowest BCUT2D eigenvalue weighted by Crippen LogP contribution is -2.42. The molecule has 0 spiro atoms. The quantitative estimate of drug-likeness (QED) is 0.330. The van der Waals surface area contributed by atoms with Crippen molar-refractivity contribution in [2.45, 2.75) is 96.1 Å². The minimum absolute atomic E-state index is 0.0553. The number of allylic oxidation sites excluding steroid dienone is 2. The summed E-state index contributed by atoms with van der Waals surface area (Å²) in [5.41, 5.74) is 0.220. The first-order chi connectivity index (χ1) is 13.5. The lowest BCUT2D eigenvalue weighted by atomic mass is 9.81. The highest BCUT2D eigenvalue weighted by molar-refractivity contribution is 5.88. The van der Waals surface area contributed by atoms with Gasteiger partial charge in [-0.2, -0.15) is 0 Å². The summed E-state index contributed by atoms with van der Waals surface area (Å²) >= 11 is 0. The van der Waals surface area contributed by atoms with E-state index < -0.39 is 23.6 Å². The molecule has 5 atom stereocenters. The Balaban J connectivity index is 2.25. The van der Waals surface area contributed by atoms with Crippen LogP contribution < -0.4 is 0 Å². The monoisotopic (exact) mass is 408 g/mol. The Bertz CT molecular complexity index is 664. The smallest absolute Gasteiger partial charge is 0.333 e. The van der Waals surface area contributed by atoms with E-state index in [0.717, 1.165) is 19.3 Å². The van der Waals surface area contributed by atoms with Crippen LogP contribution in [0.5, 0.6) is 0 Å². The second kappa shape index (κ2) is 9.43. The predicted molar refractivity (Wildman–Crippen MR) is 110 cm³/mol. The summed E-state index contributed by atoms with van der Waals surface area (Å²) in [6, 6.07) is 0. The van der Waals surface area contributed by atoms with Crippen LogP contribution >= 0.6 is 0 Å². The van der Waals surface area contributed by atoms with Crippen LogP contribution in [0.3, 0.4) is 0 Å². The van der Waals surface area contributed by atoms with Crippen molar-refractivity contribution in [3.8, 4) is 0 Å². The van der Waals surface area contributed by atoms with Gasteiger partial charge in [-0.15, -0.1) is 0 Å². The van der Waals surface area contributed by atoms with Crippen molar-refractivity contribution in [1.82, 2.24) is 0 Å². The Morgan fingerprint density at radius 3 is 2.59 bits per heavy atom. The number of rotatable bonds is 3. The van der Waals surface area contributed by atoms with Gasteiger partial charge in [-0.05, 0) is 71.6 Å². The fourth-order valence-corrected chi connectivity index (χ4v) is 4.19. The van der Waals surface area contributed by atoms with Crippen LogP contribution in [0, 0.1) is 5.92 Å². The van der Waals surface area contributed by atoms with Crippen LogP contribution in [0.2, 0.25) is 0 Å². The molecule has 6 heteroatoms. The fourth-order valence-electron chi connectivity index (χ4n) is 4.19. The summed E-state index contributed by atoms with van der Waals surface area (Å²) in [6.07, 6.45) is 6.30. The van der Waals surface area contributed by atoms with Crippen LogP contribution in [-0.2, 0) is 23.8 Å². The molecule has 0 unspecified atom stereocenters. The van der Waals surface area contributed by atoms with Gasteiger partial charge in [-0.1, -0.05) is 18.2 Å². The number of ether oxygens (including phenoxy) is 3.